The summed E-state index contributed by atoms with van der Waals surface area (Å²) in [5.41, 5.74) is 0.642. The molecule has 2 saturated heterocycles. The van der Waals surface area contributed by atoms with Crippen molar-refractivity contribution in [3.8, 4) is 0 Å². The van der Waals surface area contributed by atoms with Gasteiger partial charge in [0, 0.05) is 54.8 Å². The van der Waals surface area contributed by atoms with E-state index in [4.69, 9.17) is 5.41 Å². The topological polar surface area (TPSA) is 123 Å². The van der Waals surface area contributed by atoms with Crippen molar-refractivity contribution < 1.29 is 23.6 Å². The Morgan fingerprint density at radius 1 is 1.20 bits per heavy atom. The molecule has 0 aliphatic carbocycles. The minimum Gasteiger partial charge on any atom is -0.385 e. The van der Waals surface area contributed by atoms with Crippen LogP contribution in [0.2, 0.25) is 0 Å². The Kier molecular flexibility index (Phi) is 6.97. The molecule has 1 unspecified atom stereocenters. The van der Waals surface area contributed by atoms with Crippen LogP contribution in [0.3, 0.4) is 0 Å². The van der Waals surface area contributed by atoms with Crippen molar-refractivity contribution >= 4 is 46.3 Å². The van der Waals surface area contributed by atoms with Crippen LogP contribution in [0.4, 0.5) is 10.1 Å². The number of imide groups is 1. The normalized spacial score (nSPS) is 21.1. The van der Waals surface area contributed by atoms with E-state index in [2.05, 4.69) is 17.6 Å². The highest BCUT2D eigenvalue weighted by Crippen LogP contribution is 2.41. The molecular formula is C30H34FN5O4. The van der Waals surface area contributed by atoms with Gasteiger partial charge in [-0.15, -0.1) is 0 Å². The summed E-state index contributed by atoms with van der Waals surface area (Å²) in [6.07, 6.45) is 5.32. The predicted octanol–water partition coefficient (Wildman–Crippen LogP) is 3.40. The smallest absolute Gasteiger partial charge is 0.259 e. The summed E-state index contributed by atoms with van der Waals surface area (Å²) in [5, 5.41) is 15.4. The van der Waals surface area contributed by atoms with Gasteiger partial charge in [0.15, 0.2) is 5.67 Å². The Hall–Kier alpha value is -4.08. The Morgan fingerprint density at radius 2 is 1.93 bits per heavy atom. The lowest BCUT2D eigenvalue weighted by Gasteiger charge is -2.41. The fraction of sp³-hybridized carbons (Fsp3) is 0.433. The Morgan fingerprint density at radius 3 is 2.58 bits per heavy atom. The number of halogens is 1. The highest BCUT2D eigenvalue weighted by Gasteiger charge is 2.41. The van der Waals surface area contributed by atoms with Gasteiger partial charge in [-0.05, 0) is 68.7 Å². The first kappa shape index (κ1) is 27.5. The first-order chi connectivity index (χ1) is 18.9. The van der Waals surface area contributed by atoms with Gasteiger partial charge in [-0.2, -0.15) is 0 Å². The van der Waals surface area contributed by atoms with E-state index in [0.29, 0.717) is 43.6 Å². The van der Waals surface area contributed by atoms with E-state index in [-0.39, 0.29) is 30.2 Å². The molecule has 210 valence electrons. The number of allylic oxidation sites excluding steroid dienone is 1. The quantitative estimate of drug-likeness (QED) is 0.362. The summed E-state index contributed by atoms with van der Waals surface area (Å²) >= 11 is 0. The van der Waals surface area contributed by atoms with E-state index >= 15 is 0 Å². The summed E-state index contributed by atoms with van der Waals surface area (Å²) in [5.74, 6) is -1.55. The molecule has 3 aliphatic heterocycles. The molecule has 2 aromatic rings. The molecule has 1 atom stereocenters. The molecule has 40 heavy (non-hydrogen) atoms. The summed E-state index contributed by atoms with van der Waals surface area (Å²) in [7, 11) is 0. The summed E-state index contributed by atoms with van der Waals surface area (Å²) in [4.78, 5) is 53.0. The van der Waals surface area contributed by atoms with Crippen molar-refractivity contribution in [1.29, 1.82) is 5.41 Å². The van der Waals surface area contributed by atoms with Crippen molar-refractivity contribution in [3.05, 3.63) is 53.2 Å². The van der Waals surface area contributed by atoms with E-state index < -0.39 is 23.5 Å². The largest absolute Gasteiger partial charge is 0.385 e. The second kappa shape index (κ2) is 10.1. The van der Waals surface area contributed by atoms with Gasteiger partial charge >= 0.3 is 0 Å². The molecule has 5 rings (SSSR count). The molecule has 9 nitrogen and oxygen atoms in total. The van der Waals surface area contributed by atoms with Crippen molar-refractivity contribution in [3.63, 3.8) is 0 Å². The average Bonchev–Trinajstić information content (AvgIpc) is 3.20. The minimum absolute atomic E-state index is 0.180. The zero-order chi connectivity index (χ0) is 28.8. The number of carbonyl (C=O) groups is 4. The number of likely N-dealkylation sites (tertiary alicyclic amines) is 1. The van der Waals surface area contributed by atoms with Crippen LogP contribution in [0.1, 0.15) is 62.4 Å². The number of rotatable bonds is 7. The molecule has 0 aromatic heterocycles. The predicted molar refractivity (Wildman–Crippen MR) is 150 cm³/mol. The van der Waals surface area contributed by atoms with Crippen LogP contribution >= 0.6 is 0 Å². The number of carbonyl (C=O) groups excluding carboxylic acids is 4. The summed E-state index contributed by atoms with van der Waals surface area (Å²) in [6.45, 7) is 5.53. The highest BCUT2D eigenvalue weighted by atomic mass is 19.1. The molecule has 0 bridgehead atoms. The van der Waals surface area contributed by atoms with Gasteiger partial charge in [0.05, 0.1) is 5.69 Å². The fourth-order valence-electron chi connectivity index (χ4n) is 5.81. The van der Waals surface area contributed by atoms with Crippen LogP contribution in [0.25, 0.3) is 10.8 Å². The molecule has 4 amide bonds. The number of hydrogen-bond acceptors (Lipinski definition) is 6. The number of anilines is 1. The third-order valence-corrected chi connectivity index (χ3v) is 8.19. The molecule has 3 aliphatic rings. The van der Waals surface area contributed by atoms with Crippen molar-refractivity contribution in [1.82, 2.24) is 15.5 Å². The Labute approximate surface area is 232 Å². The molecule has 3 N–H and O–H groups in total. The number of nitrogens with one attached hydrogen (secondary N) is 3. The van der Waals surface area contributed by atoms with Crippen LogP contribution in [0, 0.1) is 5.41 Å². The first-order valence-corrected chi connectivity index (χ1v) is 13.6. The first-order valence-electron chi connectivity index (χ1n) is 13.6. The molecule has 3 heterocycles. The zero-order valence-corrected chi connectivity index (χ0v) is 23.0. The second-order valence-electron chi connectivity index (χ2n) is 11.6. The van der Waals surface area contributed by atoms with E-state index in [1.54, 1.807) is 11.0 Å². The van der Waals surface area contributed by atoms with Crippen molar-refractivity contribution in [2.45, 2.75) is 70.1 Å². The maximum atomic E-state index is 14.1. The van der Waals surface area contributed by atoms with Crippen molar-refractivity contribution in [2.24, 2.45) is 0 Å². The zero-order valence-electron chi connectivity index (χ0n) is 23.0. The average molecular weight is 548 g/mol. The van der Waals surface area contributed by atoms with Crippen LogP contribution in [-0.2, 0) is 20.8 Å². The maximum Gasteiger partial charge on any atom is 0.259 e. The van der Waals surface area contributed by atoms with E-state index in [1.807, 2.05) is 30.5 Å². The van der Waals surface area contributed by atoms with Crippen molar-refractivity contribution in [2.75, 3.05) is 18.0 Å². The summed E-state index contributed by atoms with van der Waals surface area (Å²) in [6, 6.07) is 8.52. The van der Waals surface area contributed by atoms with E-state index in [9.17, 15) is 23.6 Å². The van der Waals surface area contributed by atoms with Gasteiger partial charge in [0.2, 0.25) is 11.8 Å². The van der Waals surface area contributed by atoms with Gasteiger partial charge in [0.25, 0.3) is 11.8 Å². The van der Waals surface area contributed by atoms with Crippen LogP contribution in [0.15, 0.2) is 42.1 Å². The maximum absolute atomic E-state index is 14.1. The third kappa shape index (κ3) is 4.98. The number of alkyl halides is 1. The fourth-order valence-corrected chi connectivity index (χ4v) is 5.81. The van der Waals surface area contributed by atoms with Crippen LogP contribution in [-0.4, -0.2) is 65.1 Å². The molecule has 2 aromatic carbocycles. The lowest BCUT2D eigenvalue weighted by molar-refractivity contribution is -0.143. The molecule has 0 radical (unpaired) electrons. The molecule has 0 saturated carbocycles. The lowest BCUT2D eigenvalue weighted by Crippen LogP contribution is -2.54. The Balaban J connectivity index is 1.35. The Bertz CT molecular complexity index is 1450. The molecular weight excluding hydrogens is 513 g/mol. The number of benzene rings is 2. The van der Waals surface area contributed by atoms with E-state index in [0.717, 1.165) is 21.9 Å². The standard InChI is InChI=1S/C30H34FN5O4/c1-29(2,31)28(40)35-13-11-30(3,12-14-35)33-17-18(16-32)15-19-7-8-22-25-20(19)5-4-6-21(25)27(39)36(22)23-9-10-24(37)34-26(23)38/h4-8,16-17,23,32-33H,9-15H2,1-3H3,(H,34,37,38)/b18-17-,32-16?. The van der Waals surface area contributed by atoms with Crippen LogP contribution in [0.5, 0.6) is 0 Å². The van der Waals surface area contributed by atoms with Gasteiger partial charge in [-0.3, -0.25) is 29.4 Å². The van der Waals surface area contributed by atoms with Gasteiger partial charge in [-0.25, -0.2) is 4.39 Å². The highest BCUT2D eigenvalue weighted by molar-refractivity contribution is 6.27. The van der Waals surface area contributed by atoms with Gasteiger partial charge in [0.1, 0.15) is 6.04 Å². The molecule has 10 heteroatoms. The summed E-state index contributed by atoms with van der Waals surface area (Å²) < 4.78 is 14.1. The number of piperidine rings is 2. The lowest BCUT2D eigenvalue weighted by atomic mass is 9.89. The molecule has 0 spiro atoms. The monoisotopic (exact) mass is 547 g/mol. The second-order valence-corrected chi connectivity index (χ2v) is 11.6. The SMILES string of the molecule is CC1(N/C=C(\C=N)Cc2ccc3c4c(cccc24)C(=O)N3C2CCC(=O)NC2=O)CCN(C(=O)C(C)(C)F)CC1. The number of amides is 4. The number of nitrogens with zero attached hydrogens (tertiary/aromatic N) is 2. The van der Waals surface area contributed by atoms with Gasteiger partial charge < -0.3 is 15.6 Å². The third-order valence-electron chi connectivity index (χ3n) is 8.19. The molecule has 2 fully saturated rings. The minimum atomic E-state index is -1.89. The van der Waals surface area contributed by atoms with Crippen LogP contribution < -0.4 is 15.5 Å². The van der Waals surface area contributed by atoms with Gasteiger partial charge in [-0.1, -0.05) is 18.2 Å². The van der Waals surface area contributed by atoms with E-state index in [1.165, 1.54) is 25.0 Å². The number of hydrogen-bond donors (Lipinski definition) is 3.